The molecule has 1 fully saturated rings. The maximum absolute atomic E-state index is 13.2. The Hall–Kier alpha value is -3.00. The summed E-state index contributed by atoms with van der Waals surface area (Å²) in [5, 5.41) is 12.0. The molecule has 0 spiro atoms. The predicted octanol–water partition coefficient (Wildman–Crippen LogP) is 3.51. The maximum atomic E-state index is 13.2. The van der Waals surface area contributed by atoms with E-state index in [-0.39, 0.29) is 12.2 Å². The third-order valence-corrected chi connectivity index (χ3v) is 4.56. The Kier molecular flexibility index (Phi) is 5.89. The number of rotatable bonds is 6. The summed E-state index contributed by atoms with van der Waals surface area (Å²) in [5.74, 6) is -2.91. The molecular weight excluding hydrogens is 372 g/mol. The molecule has 0 aromatic heterocycles. The number of benzene rings is 2. The Labute approximate surface area is 160 Å². The van der Waals surface area contributed by atoms with Crippen molar-refractivity contribution >= 4 is 11.9 Å². The van der Waals surface area contributed by atoms with Gasteiger partial charge in [-0.3, -0.25) is 9.59 Å². The number of hydrogen-bond acceptors (Lipinski definition) is 4. The molecule has 2 aromatic rings. The van der Waals surface area contributed by atoms with Crippen LogP contribution in [-0.2, 0) is 9.53 Å². The molecule has 0 aliphatic carbocycles. The number of ether oxygens (including phenoxy) is 2. The number of aliphatic carboxylic acids is 1. The van der Waals surface area contributed by atoms with Gasteiger partial charge < -0.3 is 19.9 Å². The average molecular weight is 391 g/mol. The molecule has 1 amide bonds. The second kappa shape index (κ2) is 8.35. The molecule has 8 heteroatoms. The monoisotopic (exact) mass is 391 g/mol. The Morgan fingerprint density at radius 1 is 1.04 bits per heavy atom. The van der Waals surface area contributed by atoms with Gasteiger partial charge in [0.05, 0.1) is 12.0 Å². The van der Waals surface area contributed by atoms with Crippen molar-refractivity contribution in [3.63, 3.8) is 0 Å². The predicted molar refractivity (Wildman–Crippen MR) is 95.4 cm³/mol. The minimum absolute atomic E-state index is 0.124. The number of hydrogen-bond donors (Lipinski definition) is 2. The molecule has 6 nitrogen and oxygen atoms in total. The number of nitrogens with one attached hydrogen (secondary N) is 1. The molecule has 1 aliphatic rings. The van der Waals surface area contributed by atoms with Gasteiger partial charge in [-0.15, -0.1) is 0 Å². The third kappa shape index (κ3) is 4.83. The minimum Gasteiger partial charge on any atom is -0.481 e. The van der Waals surface area contributed by atoms with Crippen LogP contribution < -0.4 is 10.1 Å². The Morgan fingerprint density at radius 2 is 1.68 bits per heavy atom. The van der Waals surface area contributed by atoms with Crippen molar-refractivity contribution in [3.8, 4) is 11.5 Å². The van der Waals surface area contributed by atoms with E-state index in [4.69, 9.17) is 14.6 Å². The van der Waals surface area contributed by atoms with Gasteiger partial charge in [-0.25, -0.2) is 8.78 Å². The first kappa shape index (κ1) is 19.8. The van der Waals surface area contributed by atoms with Crippen molar-refractivity contribution < 1.29 is 33.0 Å². The minimum atomic E-state index is -1.02. The summed E-state index contributed by atoms with van der Waals surface area (Å²) in [6.07, 6.45) is 0.657. The van der Waals surface area contributed by atoms with E-state index in [1.54, 1.807) is 0 Å². The molecular formula is C20H19F2NO5. The third-order valence-electron chi connectivity index (χ3n) is 4.56. The van der Waals surface area contributed by atoms with Crippen molar-refractivity contribution in [1.82, 2.24) is 5.32 Å². The van der Waals surface area contributed by atoms with Crippen LogP contribution in [0.2, 0.25) is 0 Å². The van der Waals surface area contributed by atoms with Crippen molar-refractivity contribution in [1.29, 1.82) is 0 Å². The van der Waals surface area contributed by atoms with E-state index in [1.807, 2.05) is 0 Å². The van der Waals surface area contributed by atoms with Crippen LogP contribution in [0.15, 0.2) is 42.5 Å². The van der Waals surface area contributed by atoms with Gasteiger partial charge in [0.1, 0.15) is 11.5 Å². The molecule has 2 N–H and O–H groups in total. The molecule has 3 rings (SSSR count). The molecule has 1 saturated heterocycles. The Balaban J connectivity index is 1.68. The van der Waals surface area contributed by atoms with E-state index in [0.29, 0.717) is 37.4 Å². The average Bonchev–Trinajstić information content (AvgIpc) is 2.65. The van der Waals surface area contributed by atoms with Gasteiger partial charge in [0.15, 0.2) is 11.6 Å². The number of carboxylic acid groups (broad SMARTS) is 1. The van der Waals surface area contributed by atoms with Gasteiger partial charge in [0.25, 0.3) is 5.91 Å². The molecule has 1 aliphatic heterocycles. The number of carbonyl (C=O) groups is 2. The second-order valence-corrected chi connectivity index (χ2v) is 6.62. The summed E-state index contributed by atoms with van der Waals surface area (Å²) >= 11 is 0. The maximum Gasteiger partial charge on any atom is 0.305 e. The molecule has 0 saturated carbocycles. The first-order chi connectivity index (χ1) is 13.4. The fourth-order valence-corrected chi connectivity index (χ4v) is 3.06. The Bertz CT molecular complexity index is 863. The van der Waals surface area contributed by atoms with Crippen LogP contribution in [0.25, 0.3) is 0 Å². The smallest absolute Gasteiger partial charge is 0.305 e. The SMILES string of the molecule is O=C(O)CC1(NC(=O)c2ccc(Oc3ccc(F)c(F)c3)cc2)CCOCC1. The molecule has 2 aromatic carbocycles. The summed E-state index contributed by atoms with van der Waals surface area (Å²) in [5.41, 5.74) is -0.518. The zero-order chi connectivity index (χ0) is 20.1. The summed E-state index contributed by atoms with van der Waals surface area (Å²) < 4.78 is 36.9. The van der Waals surface area contributed by atoms with Crippen LogP contribution in [0.4, 0.5) is 8.78 Å². The van der Waals surface area contributed by atoms with Gasteiger partial charge in [-0.1, -0.05) is 0 Å². The zero-order valence-electron chi connectivity index (χ0n) is 14.9. The molecule has 0 unspecified atom stereocenters. The van der Waals surface area contributed by atoms with Crippen molar-refractivity contribution in [3.05, 3.63) is 59.7 Å². The van der Waals surface area contributed by atoms with Gasteiger partial charge in [0.2, 0.25) is 0 Å². The standard InChI is InChI=1S/C20H19F2NO5/c21-16-6-5-15(11-17(16)22)28-14-3-1-13(2-4-14)19(26)23-20(12-18(24)25)7-9-27-10-8-20/h1-6,11H,7-10,12H2,(H,23,26)(H,24,25). The van der Waals surface area contributed by atoms with E-state index < -0.39 is 29.0 Å². The summed E-state index contributed by atoms with van der Waals surface area (Å²) in [6.45, 7) is 0.767. The number of amides is 1. The number of halogens is 2. The highest BCUT2D eigenvalue weighted by Gasteiger charge is 2.36. The first-order valence-corrected chi connectivity index (χ1v) is 8.72. The topological polar surface area (TPSA) is 84.9 Å². The highest BCUT2D eigenvalue weighted by molar-refractivity contribution is 5.95. The highest BCUT2D eigenvalue weighted by atomic mass is 19.2. The van der Waals surface area contributed by atoms with Crippen molar-refractivity contribution in [2.45, 2.75) is 24.8 Å². The van der Waals surface area contributed by atoms with E-state index in [2.05, 4.69) is 5.32 Å². The zero-order valence-corrected chi connectivity index (χ0v) is 14.9. The summed E-state index contributed by atoms with van der Waals surface area (Å²) in [7, 11) is 0. The molecule has 148 valence electrons. The molecule has 1 heterocycles. The van der Waals surface area contributed by atoms with E-state index >= 15 is 0 Å². The first-order valence-electron chi connectivity index (χ1n) is 8.72. The summed E-state index contributed by atoms with van der Waals surface area (Å²) in [6, 6.07) is 9.24. The summed E-state index contributed by atoms with van der Waals surface area (Å²) in [4.78, 5) is 23.8. The fourth-order valence-electron chi connectivity index (χ4n) is 3.06. The molecule has 0 bridgehead atoms. The van der Waals surface area contributed by atoms with E-state index in [1.165, 1.54) is 30.3 Å². The van der Waals surface area contributed by atoms with Crippen LogP contribution in [-0.4, -0.2) is 35.7 Å². The van der Waals surface area contributed by atoms with Gasteiger partial charge in [-0.2, -0.15) is 0 Å². The van der Waals surface area contributed by atoms with E-state index in [9.17, 15) is 18.4 Å². The van der Waals surface area contributed by atoms with Crippen molar-refractivity contribution in [2.75, 3.05) is 13.2 Å². The number of carbonyl (C=O) groups excluding carboxylic acids is 1. The van der Waals surface area contributed by atoms with Crippen LogP contribution >= 0.6 is 0 Å². The van der Waals surface area contributed by atoms with E-state index in [0.717, 1.165) is 12.1 Å². The lowest BCUT2D eigenvalue weighted by molar-refractivity contribution is -0.139. The molecule has 0 atom stereocenters. The van der Waals surface area contributed by atoms with Gasteiger partial charge >= 0.3 is 5.97 Å². The highest BCUT2D eigenvalue weighted by Crippen LogP contribution is 2.26. The normalized spacial score (nSPS) is 15.6. The quantitative estimate of drug-likeness (QED) is 0.787. The van der Waals surface area contributed by atoms with Gasteiger partial charge in [0, 0.05) is 24.8 Å². The number of carboxylic acids is 1. The van der Waals surface area contributed by atoms with Crippen LogP contribution in [0.5, 0.6) is 11.5 Å². The van der Waals surface area contributed by atoms with Crippen LogP contribution in [0.1, 0.15) is 29.6 Å². The van der Waals surface area contributed by atoms with Crippen molar-refractivity contribution in [2.24, 2.45) is 0 Å². The molecule has 0 radical (unpaired) electrons. The van der Waals surface area contributed by atoms with Gasteiger partial charge in [-0.05, 0) is 49.2 Å². The largest absolute Gasteiger partial charge is 0.481 e. The van der Waals surface area contributed by atoms with Crippen LogP contribution in [0, 0.1) is 11.6 Å². The lowest BCUT2D eigenvalue weighted by Gasteiger charge is -2.36. The second-order valence-electron chi connectivity index (χ2n) is 6.62. The van der Waals surface area contributed by atoms with Crippen LogP contribution in [0.3, 0.4) is 0 Å². The lowest BCUT2D eigenvalue weighted by atomic mass is 9.86. The fraction of sp³-hybridized carbons (Fsp3) is 0.300. The lowest BCUT2D eigenvalue weighted by Crippen LogP contribution is -2.53. The molecule has 28 heavy (non-hydrogen) atoms. The Morgan fingerprint density at radius 3 is 2.29 bits per heavy atom.